The Morgan fingerprint density at radius 3 is 0.700 bits per heavy atom. The molecule has 4 heteroatoms. The molecule has 56 valence electrons. The van der Waals surface area contributed by atoms with E-state index in [-0.39, 0.29) is 6.15 Å². The first-order chi connectivity index (χ1) is 4.24. The summed E-state index contributed by atoms with van der Waals surface area (Å²) in [6.07, 6.45) is 0. The van der Waals surface area contributed by atoms with E-state index >= 15 is 0 Å². The summed E-state index contributed by atoms with van der Waals surface area (Å²) in [5.41, 5.74) is 0. The predicted octanol–water partition coefficient (Wildman–Crippen LogP) is 1.75. The SMILES string of the molecule is CC#N.CC#N.CC#N.N. The number of nitrogens with zero attached hydrogens (tertiary/aromatic N) is 3. The highest BCUT2D eigenvalue weighted by Crippen LogP contribution is 1.22. The molecular formula is C6H12N4. The molecule has 0 saturated carbocycles. The molecule has 0 fully saturated rings. The average molecular weight is 140 g/mol. The molecule has 10 heavy (non-hydrogen) atoms. The van der Waals surface area contributed by atoms with Crippen LogP contribution in [0, 0.1) is 34.0 Å². The number of rotatable bonds is 0. The van der Waals surface area contributed by atoms with Gasteiger partial charge in [0, 0.05) is 20.8 Å². The lowest BCUT2D eigenvalue weighted by Gasteiger charge is -1.15. The van der Waals surface area contributed by atoms with Crippen LogP contribution in [0.3, 0.4) is 0 Å². The Hall–Kier alpha value is -1.57. The Morgan fingerprint density at radius 1 is 0.700 bits per heavy atom. The van der Waals surface area contributed by atoms with Crippen LogP contribution in [0.4, 0.5) is 0 Å². The Balaban J connectivity index is -0.0000000257. The highest BCUT2D eigenvalue weighted by Gasteiger charge is 1.18. The van der Waals surface area contributed by atoms with Crippen molar-refractivity contribution in [1.29, 1.82) is 15.8 Å². The van der Waals surface area contributed by atoms with Crippen molar-refractivity contribution < 1.29 is 0 Å². The van der Waals surface area contributed by atoms with Gasteiger partial charge in [0.15, 0.2) is 0 Å². The fraction of sp³-hybridized carbons (Fsp3) is 0.500. The van der Waals surface area contributed by atoms with Crippen molar-refractivity contribution in [2.75, 3.05) is 0 Å². The van der Waals surface area contributed by atoms with Gasteiger partial charge >= 0.3 is 0 Å². The van der Waals surface area contributed by atoms with Crippen molar-refractivity contribution in [1.82, 2.24) is 6.15 Å². The Kier molecular flexibility index (Phi) is 356. The summed E-state index contributed by atoms with van der Waals surface area (Å²) in [5.74, 6) is 0. The maximum atomic E-state index is 7.32. The minimum atomic E-state index is 0. The van der Waals surface area contributed by atoms with Crippen molar-refractivity contribution in [2.24, 2.45) is 0 Å². The van der Waals surface area contributed by atoms with Gasteiger partial charge in [-0.1, -0.05) is 0 Å². The van der Waals surface area contributed by atoms with E-state index in [1.165, 1.54) is 20.8 Å². The molecule has 0 aromatic heterocycles. The minimum Gasteiger partial charge on any atom is -0.344 e. The van der Waals surface area contributed by atoms with Crippen LogP contribution in [0.1, 0.15) is 20.8 Å². The summed E-state index contributed by atoms with van der Waals surface area (Å²) < 4.78 is 0. The predicted molar refractivity (Wildman–Crippen MR) is 38.9 cm³/mol. The topological polar surface area (TPSA) is 106 Å². The molecule has 0 rings (SSSR count). The molecule has 4 nitrogen and oxygen atoms in total. The maximum Gasteiger partial charge on any atom is 0.0587 e. The van der Waals surface area contributed by atoms with Crippen molar-refractivity contribution in [3.05, 3.63) is 0 Å². The first kappa shape index (κ1) is 23.7. The van der Waals surface area contributed by atoms with Gasteiger partial charge in [0.25, 0.3) is 0 Å². The third-order valence-electron chi connectivity index (χ3n) is 0. The fourth-order valence-electron chi connectivity index (χ4n) is 0. The highest BCUT2D eigenvalue weighted by atomic mass is 14.2. The van der Waals surface area contributed by atoms with Crippen LogP contribution in [0.15, 0.2) is 0 Å². The smallest absolute Gasteiger partial charge is 0.0587 e. The van der Waals surface area contributed by atoms with E-state index in [1.807, 2.05) is 0 Å². The standard InChI is InChI=1S/3C2H3N.H3N/c3*1-2-3;/h3*1H3;1H3. The van der Waals surface area contributed by atoms with Crippen LogP contribution < -0.4 is 6.15 Å². The van der Waals surface area contributed by atoms with Crippen LogP contribution >= 0.6 is 0 Å². The summed E-state index contributed by atoms with van der Waals surface area (Å²) in [6.45, 7) is 4.29. The van der Waals surface area contributed by atoms with Gasteiger partial charge in [-0.05, 0) is 0 Å². The molecule has 0 radical (unpaired) electrons. The van der Waals surface area contributed by atoms with E-state index < -0.39 is 0 Å². The van der Waals surface area contributed by atoms with Gasteiger partial charge in [-0.2, -0.15) is 15.8 Å². The normalized spacial score (nSPS) is 2.40. The number of hydrogen-bond donors (Lipinski definition) is 1. The second-order valence-electron chi connectivity index (χ2n) is 0.671. The highest BCUT2D eigenvalue weighted by molar-refractivity contribution is 4.51. The zero-order valence-corrected chi connectivity index (χ0v) is 6.55. The molecule has 0 amide bonds. The molecule has 0 atom stereocenters. The summed E-state index contributed by atoms with van der Waals surface area (Å²) >= 11 is 0. The molecule has 0 heterocycles. The molecule has 0 saturated heterocycles. The second kappa shape index (κ2) is 150. The summed E-state index contributed by atoms with van der Waals surface area (Å²) in [4.78, 5) is 0. The van der Waals surface area contributed by atoms with E-state index in [1.54, 1.807) is 18.2 Å². The van der Waals surface area contributed by atoms with Gasteiger partial charge in [0.05, 0.1) is 18.2 Å². The van der Waals surface area contributed by atoms with Crippen LogP contribution in [0.25, 0.3) is 0 Å². The van der Waals surface area contributed by atoms with Crippen molar-refractivity contribution in [3.63, 3.8) is 0 Å². The first-order valence-electron chi connectivity index (χ1n) is 2.17. The number of hydrogen-bond acceptors (Lipinski definition) is 4. The second-order valence-corrected chi connectivity index (χ2v) is 0.671. The van der Waals surface area contributed by atoms with Gasteiger partial charge < -0.3 is 6.15 Å². The monoisotopic (exact) mass is 140 g/mol. The summed E-state index contributed by atoms with van der Waals surface area (Å²) in [7, 11) is 0. The zero-order valence-electron chi connectivity index (χ0n) is 6.55. The van der Waals surface area contributed by atoms with Gasteiger partial charge in [-0.3, -0.25) is 0 Å². The fourth-order valence-corrected chi connectivity index (χ4v) is 0. The largest absolute Gasteiger partial charge is 0.344 e. The molecule has 3 N–H and O–H groups in total. The van der Waals surface area contributed by atoms with Crippen LogP contribution in [0.2, 0.25) is 0 Å². The Labute approximate surface area is 61.9 Å². The Bertz CT molecular complexity index is 103. The molecule has 0 aromatic rings. The van der Waals surface area contributed by atoms with Crippen molar-refractivity contribution in [3.8, 4) is 18.2 Å². The number of nitriles is 3. The van der Waals surface area contributed by atoms with Gasteiger partial charge in [-0.25, -0.2) is 0 Å². The van der Waals surface area contributed by atoms with E-state index in [0.29, 0.717) is 0 Å². The van der Waals surface area contributed by atoms with Crippen molar-refractivity contribution >= 4 is 0 Å². The molecule has 0 spiro atoms. The lowest BCUT2D eigenvalue weighted by Crippen LogP contribution is -1.10. The third kappa shape index (κ3) is 76.9. The molecule has 0 unspecified atom stereocenters. The van der Waals surface area contributed by atoms with E-state index in [0.717, 1.165) is 0 Å². The minimum absolute atomic E-state index is 0. The van der Waals surface area contributed by atoms with E-state index in [9.17, 15) is 0 Å². The molecule has 0 aliphatic rings. The van der Waals surface area contributed by atoms with Crippen LogP contribution in [0.5, 0.6) is 0 Å². The van der Waals surface area contributed by atoms with Crippen LogP contribution in [-0.2, 0) is 0 Å². The quantitative estimate of drug-likeness (QED) is 0.553. The lowest BCUT2D eigenvalue weighted by molar-refractivity contribution is 1.49. The summed E-state index contributed by atoms with van der Waals surface area (Å²) in [5, 5.41) is 22.0. The summed E-state index contributed by atoms with van der Waals surface area (Å²) in [6, 6.07) is 5.25. The van der Waals surface area contributed by atoms with Crippen LogP contribution in [-0.4, -0.2) is 0 Å². The van der Waals surface area contributed by atoms with E-state index in [2.05, 4.69) is 0 Å². The first-order valence-corrected chi connectivity index (χ1v) is 2.17. The average Bonchev–Trinajstić information content (AvgIpc) is 1.70. The van der Waals surface area contributed by atoms with E-state index in [4.69, 9.17) is 15.8 Å². The molecule has 0 aliphatic carbocycles. The lowest BCUT2D eigenvalue weighted by atomic mass is 11.0. The molecule has 0 bridgehead atoms. The molecular weight excluding hydrogens is 128 g/mol. The maximum absolute atomic E-state index is 7.32. The Morgan fingerprint density at radius 2 is 0.700 bits per heavy atom. The van der Waals surface area contributed by atoms with Gasteiger partial charge in [0.1, 0.15) is 0 Å². The van der Waals surface area contributed by atoms with Gasteiger partial charge in [0.2, 0.25) is 0 Å². The third-order valence-corrected chi connectivity index (χ3v) is 0. The zero-order chi connectivity index (χ0) is 8.12. The van der Waals surface area contributed by atoms with Crippen molar-refractivity contribution in [2.45, 2.75) is 20.8 Å². The molecule has 0 aliphatic heterocycles. The molecule has 0 aromatic carbocycles. The van der Waals surface area contributed by atoms with Gasteiger partial charge in [-0.15, -0.1) is 0 Å².